The largest absolute Gasteiger partial charge is 0.354 e. The van der Waals surface area contributed by atoms with Crippen LogP contribution in [-0.4, -0.2) is 20.0 Å². The molecule has 0 aliphatic heterocycles. The van der Waals surface area contributed by atoms with Gasteiger partial charge < -0.3 is 14.9 Å². The Morgan fingerprint density at radius 1 is 1.11 bits per heavy atom. The monoisotopic (exact) mass is 376 g/mol. The molecule has 142 valence electrons. The molecule has 0 unspecified atom stereocenters. The second-order valence-electron chi connectivity index (χ2n) is 6.83. The van der Waals surface area contributed by atoms with Gasteiger partial charge in [0.2, 0.25) is 0 Å². The molecule has 2 heterocycles. The van der Waals surface area contributed by atoms with Crippen LogP contribution < -0.4 is 16.6 Å². The summed E-state index contributed by atoms with van der Waals surface area (Å²) >= 11 is 0. The lowest BCUT2D eigenvalue weighted by atomic mass is 10.1. The van der Waals surface area contributed by atoms with E-state index in [-0.39, 0.29) is 5.56 Å². The van der Waals surface area contributed by atoms with Gasteiger partial charge in [-0.25, -0.2) is 4.79 Å². The average Bonchev–Trinajstić information content (AvgIpc) is 3.06. The molecule has 0 saturated carbocycles. The number of nitrogens with zero attached hydrogens (tertiary/aromatic N) is 2. The number of amides is 1. The van der Waals surface area contributed by atoms with E-state index in [2.05, 4.69) is 29.4 Å². The highest BCUT2D eigenvalue weighted by atomic mass is 16.2. The molecule has 2 aromatic heterocycles. The molecule has 2 N–H and O–H groups in total. The van der Waals surface area contributed by atoms with Crippen molar-refractivity contribution in [1.82, 2.24) is 14.1 Å². The van der Waals surface area contributed by atoms with E-state index in [1.165, 1.54) is 30.4 Å². The van der Waals surface area contributed by atoms with Crippen molar-refractivity contribution < 1.29 is 4.79 Å². The maximum absolute atomic E-state index is 12.6. The van der Waals surface area contributed by atoms with E-state index in [4.69, 9.17) is 0 Å². The van der Waals surface area contributed by atoms with Crippen molar-refractivity contribution in [2.75, 3.05) is 5.32 Å². The van der Waals surface area contributed by atoms with E-state index in [1.807, 2.05) is 18.2 Å². The van der Waals surface area contributed by atoms with Crippen LogP contribution >= 0.6 is 0 Å². The Hall–Kier alpha value is -3.61. The zero-order chi connectivity index (χ0) is 20.0. The molecule has 0 aliphatic rings. The third kappa shape index (κ3) is 2.72. The summed E-state index contributed by atoms with van der Waals surface area (Å²) in [6, 6.07) is 11.8. The van der Waals surface area contributed by atoms with E-state index in [0.717, 1.165) is 32.8 Å². The van der Waals surface area contributed by atoms with Crippen molar-refractivity contribution in [2.45, 2.75) is 13.3 Å². The quantitative estimate of drug-likeness (QED) is 0.576. The molecule has 0 atom stereocenters. The summed E-state index contributed by atoms with van der Waals surface area (Å²) in [7, 11) is 2.85. The van der Waals surface area contributed by atoms with Crippen molar-refractivity contribution in [1.29, 1.82) is 0 Å². The van der Waals surface area contributed by atoms with E-state index in [1.54, 1.807) is 6.07 Å². The Balaban J connectivity index is 1.75. The van der Waals surface area contributed by atoms with Gasteiger partial charge in [0.05, 0.1) is 0 Å². The average molecular weight is 376 g/mol. The number of H-pyrrole nitrogens is 1. The van der Waals surface area contributed by atoms with Crippen molar-refractivity contribution in [2.24, 2.45) is 14.1 Å². The molecule has 0 aliphatic carbocycles. The van der Waals surface area contributed by atoms with Crippen LogP contribution in [0.25, 0.3) is 21.8 Å². The maximum atomic E-state index is 12.6. The number of carbonyl (C=O) groups is 1. The minimum absolute atomic E-state index is 0.0883. The highest BCUT2D eigenvalue weighted by Gasteiger charge is 2.15. The Bertz CT molecular complexity index is 1360. The molecule has 0 saturated heterocycles. The number of aromatic amines is 1. The third-order valence-electron chi connectivity index (χ3n) is 5.05. The summed E-state index contributed by atoms with van der Waals surface area (Å²) in [5.74, 6) is -0.555. The number of rotatable bonds is 3. The highest BCUT2D eigenvalue weighted by molar-refractivity contribution is 6.10. The lowest BCUT2D eigenvalue weighted by molar-refractivity contribution is 0.102. The standard InChI is InChI=1S/C21H20N4O3/c1-4-12-6-5-7-15-14-9-8-13(10-17(14)23-18(12)15)22-19(26)16-11-24(2)21(28)25(3)20(16)27/h5-11,23H,4H2,1-3H3,(H,22,26). The minimum Gasteiger partial charge on any atom is -0.354 e. The fourth-order valence-electron chi connectivity index (χ4n) is 3.52. The number of aromatic nitrogens is 3. The van der Waals surface area contributed by atoms with Gasteiger partial charge in [-0.3, -0.25) is 14.2 Å². The van der Waals surface area contributed by atoms with Crippen LogP contribution in [0.5, 0.6) is 0 Å². The van der Waals surface area contributed by atoms with Crippen LogP contribution in [0.2, 0.25) is 0 Å². The summed E-state index contributed by atoms with van der Waals surface area (Å²) < 4.78 is 2.13. The number of carbonyl (C=O) groups excluding carboxylic acids is 1. The lowest BCUT2D eigenvalue weighted by Gasteiger charge is -2.08. The van der Waals surface area contributed by atoms with Crippen LogP contribution in [0.4, 0.5) is 5.69 Å². The fraction of sp³-hybridized carbons (Fsp3) is 0.190. The summed E-state index contributed by atoms with van der Waals surface area (Å²) in [4.78, 5) is 40.1. The van der Waals surface area contributed by atoms with E-state index in [9.17, 15) is 14.4 Å². The molecule has 0 fully saturated rings. The van der Waals surface area contributed by atoms with Gasteiger partial charge in [0.15, 0.2) is 0 Å². The summed E-state index contributed by atoms with van der Waals surface area (Å²) in [5.41, 5.74) is 2.60. The third-order valence-corrected chi connectivity index (χ3v) is 5.05. The Labute approximate surface area is 160 Å². The second-order valence-corrected chi connectivity index (χ2v) is 6.83. The predicted octanol–water partition coefficient (Wildman–Crippen LogP) is 2.53. The van der Waals surface area contributed by atoms with Gasteiger partial charge in [-0.1, -0.05) is 31.2 Å². The molecule has 28 heavy (non-hydrogen) atoms. The lowest BCUT2D eigenvalue weighted by Crippen LogP contribution is -2.40. The number of fused-ring (bicyclic) bond motifs is 3. The van der Waals surface area contributed by atoms with Gasteiger partial charge in [-0.15, -0.1) is 0 Å². The predicted molar refractivity (Wildman–Crippen MR) is 110 cm³/mol. The SMILES string of the molecule is CCc1cccc2c1[nH]c1cc(NC(=O)c3cn(C)c(=O)n(C)c3=O)ccc12. The van der Waals surface area contributed by atoms with Crippen LogP contribution in [0, 0.1) is 0 Å². The number of nitrogens with one attached hydrogen (secondary N) is 2. The smallest absolute Gasteiger partial charge is 0.330 e. The molecule has 0 radical (unpaired) electrons. The van der Waals surface area contributed by atoms with Gasteiger partial charge in [0, 0.05) is 47.8 Å². The van der Waals surface area contributed by atoms with Crippen molar-refractivity contribution in [3.05, 3.63) is 74.6 Å². The highest BCUT2D eigenvalue weighted by Crippen LogP contribution is 2.29. The first-order chi connectivity index (χ1) is 13.4. The fourth-order valence-corrected chi connectivity index (χ4v) is 3.52. The first-order valence-electron chi connectivity index (χ1n) is 9.02. The molecule has 0 bridgehead atoms. The molecule has 7 heteroatoms. The Kier molecular flexibility index (Phi) is 4.15. The molecule has 1 amide bonds. The summed E-state index contributed by atoms with van der Waals surface area (Å²) in [5, 5.41) is 4.96. The van der Waals surface area contributed by atoms with Crippen molar-refractivity contribution in [3.63, 3.8) is 0 Å². The van der Waals surface area contributed by atoms with Crippen LogP contribution in [0.1, 0.15) is 22.8 Å². The van der Waals surface area contributed by atoms with E-state index in [0.29, 0.717) is 5.69 Å². The molecule has 4 rings (SSSR count). The number of anilines is 1. The summed E-state index contributed by atoms with van der Waals surface area (Å²) in [6.07, 6.45) is 2.18. The normalized spacial score (nSPS) is 11.2. The molecule has 0 spiro atoms. The van der Waals surface area contributed by atoms with Crippen molar-refractivity contribution in [3.8, 4) is 0 Å². The van der Waals surface area contributed by atoms with Gasteiger partial charge >= 0.3 is 5.69 Å². The van der Waals surface area contributed by atoms with Crippen LogP contribution in [0.15, 0.2) is 52.2 Å². The number of hydrogen-bond donors (Lipinski definition) is 2. The van der Waals surface area contributed by atoms with Gasteiger partial charge in [0.1, 0.15) is 5.56 Å². The summed E-state index contributed by atoms with van der Waals surface area (Å²) in [6.45, 7) is 2.11. The molecule has 2 aromatic carbocycles. The Morgan fingerprint density at radius 2 is 1.89 bits per heavy atom. The number of benzene rings is 2. The second kappa shape index (κ2) is 6.53. The van der Waals surface area contributed by atoms with Crippen LogP contribution in [-0.2, 0) is 20.5 Å². The topological polar surface area (TPSA) is 88.9 Å². The maximum Gasteiger partial charge on any atom is 0.330 e. The molecular weight excluding hydrogens is 356 g/mol. The van der Waals surface area contributed by atoms with E-state index < -0.39 is 17.2 Å². The number of para-hydroxylation sites is 1. The first kappa shape index (κ1) is 17.8. The van der Waals surface area contributed by atoms with Gasteiger partial charge in [0.25, 0.3) is 11.5 Å². The van der Waals surface area contributed by atoms with Crippen molar-refractivity contribution >= 4 is 33.4 Å². The van der Waals surface area contributed by atoms with Gasteiger partial charge in [-0.2, -0.15) is 0 Å². The van der Waals surface area contributed by atoms with Gasteiger partial charge in [-0.05, 0) is 24.1 Å². The van der Waals surface area contributed by atoms with E-state index >= 15 is 0 Å². The first-order valence-corrected chi connectivity index (χ1v) is 9.02. The minimum atomic E-state index is -0.625. The number of aryl methyl sites for hydroxylation is 2. The zero-order valence-electron chi connectivity index (χ0n) is 15.9. The molecule has 4 aromatic rings. The Morgan fingerprint density at radius 3 is 2.64 bits per heavy atom. The zero-order valence-corrected chi connectivity index (χ0v) is 15.9. The number of hydrogen-bond acceptors (Lipinski definition) is 3. The molecule has 7 nitrogen and oxygen atoms in total. The van der Waals surface area contributed by atoms with Crippen LogP contribution in [0.3, 0.4) is 0 Å². The molecular formula is C21H20N4O3.